The molecule has 0 saturated heterocycles. The zero-order chi connectivity index (χ0) is 16.5. The molecule has 4 aromatic rings. The first-order valence-corrected chi connectivity index (χ1v) is 8.99. The van der Waals surface area contributed by atoms with Crippen LogP contribution in [0, 0.1) is 0 Å². The molecule has 24 heavy (non-hydrogen) atoms. The van der Waals surface area contributed by atoms with Crippen molar-refractivity contribution in [2.24, 2.45) is 0 Å². The van der Waals surface area contributed by atoms with E-state index in [2.05, 4.69) is 47.0 Å². The number of nitrogens with zero attached hydrogens (tertiary/aromatic N) is 4. The maximum atomic E-state index is 4.74. The Morgan fingerprint density at radius 1 is 1.04 bits per heavy atom. The van der Waals surface area contributed by atoms with Gasteiger partial charge in [-0.3, -0.25) is 9.97 Å². The molecule has 0 aliphatic rings. The number of hydrogen-bond donors (Lipinski definition) is 0. The summed E-state index contributed by atoms with van der Waals surface area (Å²) in [4.78, 5) is 18.1. The monoisotopic (exact) mass is 334 g/mol. The second-order valence-electron chi connectivity index (χ2n) is 6.04. The fourth-order valence-electron chi connectivity index (χ4n) is 2.84. The first-order chi connectivity index (χ1) is 11.7. The highest BCUT2D eigenvalue weighted by Crippen LogP contribution is 2.29. The summed E-state index contributed by atoms with van der Waals surface area (Å²) in [6.45, 7) is 4.32. The maximum absolute atomic E-state index is 4.74. The molecule has 120 valence electrons. The summed E-state index contributed by atoms with van der Waals surface area (Å²) < 4.78 is 1.15. The summed E-state index contributed by atoms with van der Waals surface area (Å²) >= 11 is 1.73. The van der Waals surface area contributed by atoms with Crippen LogP contribution in [0.2, 0.25) is 0 Å². The molecule has 1 aromatic carbocycles. The molecule has 0 fully saturated rings. The predicted molar refractivity (Wildman–Crippen MR) is 98.5 cm³/mol. The molecule has 1 unspecified atom stereocenters. The molecule has 3 heterocycles. The van der Waals surface area contributed by atoms with Gasteiger partial charge in [-0.25, -0.2) is 9.97 Å². The summed E-state index contributed by atoms with van der Waals surface area (Å²) in [5.74, 6) is 0.364. The third-order valence-corrected chi connectivity index (χ3v) is 5.43. The number of hydrogen-bond acceptors (Lipinski definition) is 5. The minimum Gasteiger partial charge on any atom is -0.263 e. The average Bonchev–Trinajstić information content (AvgIpc) is 3.05. The molecule has 0 radical (unpaired) electrons. The van der Waals surface area contributed by atoms with E-state index in [4.69, 9.17) is 4.98 Å². The van der Waals surface area contributed by atoms with Crippen molar-refractivity contribution in [1.29, 1.82) is 0 Å². The first kappa shape index (κ1) is 15.1. The molecule has 4 nitrogen and oxygen atoms in total. The first-order valence-electron chi connectivity index (χ1n) is 8.18. The number of fused-ring (bicyclic) bond motifs is 2. The van der Waals surface area contributed by atoms with Crippen LogP contribution >= 0.6 is 11.3 Å². The molecule has 3 aromatic heterocycles. The third kappa shape index (κ3) is 2.87. The van der Waals surface area contributed by atoms with Crippen LogP contribution in [-0.4, -0.2) is 19.9 Å². The molecule has 4 rings (SSSR count). The van der Waals surface area contributed by atoms with E-state index >= 15 is 0 Å². The highest BCUT2D eigenvalue weighted by atomic mass is 32.1. The quantitative estimate of drug-likeness (QED) is 0.550. The zero-order valence-electron chi connectivity index (χ0n) is 13.7. The lowest BCUT2D eigenvalue weighted by Gasteiger charge is -2.09. The van der Waals surface area contributed by atoms with E-state index in [0.29, 0.717) is 5.92 Å². The van der Waals surface area contributed by atoms with Crippen molar-refractivity contribution in [1.82, 2.24) is 19.9 Å². The number of aromatic nitrogens is 4. The Morgan fingerprint density at radius 2 is 1.96 bits per heavy atom. The van der Waals surface area contributed by atoms with Gasteiger partial charge in [-0.15, -0.1) is 11.3 Å². The number of pyridine rings is 1. The number of benzene rings is 1. The van der Waals surface area contributed by atoms with E-state index in [0.717, 1.165) is 44.8 Å². The lowest BCUT2D eigenvalue weighted by Crippen LogP contribution is -1.99. The minimum absolute atomic E-state index is 0.364. The van der Waals surface area contributed by atoms with Gasteiger partial charge in [0.1, 0.15) is 0 Å². The standard InChI is InChI=1S/C19H18N4S/c1-3-14-10-21-17-9-13(4-5-15(17)22-14)8-12(2)19-23-16-6-7-20-11-18(16)24-19/h4-7,9-12H,3,8H2,1-2H3. The third-order valence-electron chi connectivity index (χ3n) is 4.19. The van der Waals surface area contributed by atoms with E-state index in [1.54, 1.807) is 17.5 Å². The highest BCUT2D eigenvalue weighted by molar-refractivity contribution is 7.18. The molecular weight excluding hydrogens is 316 g/mol. The van der Waals surface area contributed by atoms with Crippen LogP contribution in [0.5, 0.6) is 0 Å². The van der Waals surface area contributed by atoms with Crippen LogP contribution in [0.25, 0.3) is 21.3 Å². The minimum atomic E-state index is 0.364. The lowest BCUT2D eigenvalue weighted by atomic mass is 10.0. The van der Waals surface area contributed by atoms with Crippen LogP contribution in [0.1, 0.15) is 36.0 Å². The Hall–Kier alpha value is -2.40. The summed E-state index contributed by atoms with van der Waals surface area (Å²) in [7, 11) is 0. The van der Waals surface area contributed by atoms with Crippen molar-refractivity contribution in [3.63, 3.8) is 0 Å². The molecule has 0 saturated carbocycles. The van der Waals surface area contributed by atoms with Crippen molar-refractivity contribution < 1.29 is 0 Å². The molecule has 0 aliphatic heterocycles. The summed E-state index contributed by atoms with van der Waals surface area (Å²) in [5.41, 5.74) is 5.27. The van der Waals surface area contributed by atoms with Crippen molar-refractivity contribution in [2.75, 3.05) is 0 Å². The Labute approximate surface area is 144 Å². The van der Waals surface area contributed by atoms with Gasteiger partial charge in [0.25, 0.3) is 0 Å². The predicted octanol–water partition coefficient (Wildman–Crippen LogP) is 4.54. The van der Waals surface area contributed by atoms with Gasteiger partial charge in [0.15, 0.2) is 0 Å². The van der Waals surface area contributed by atoms with Gasteiger partial charge in [-0.2, -0.15) is 0 Å². The van der Waals surface area contributed by atoms with Gasteiger partial charge in [-0.1, -0.05) is 19.9 Å². The largest absolute Gasteiger partial charge is 0.263 e. The fraction of sp³-hybridized carbons (Fsp3) is 0.263. The van der Waals surface area contributed by atoms with Gasteiger partial charge < -0.3 is 0 Å². The molecule has 0 N–H and O–H groups in total. The Balaban J connectivity index is 1.60. The van der Waals surface area contributed by atoms with Gasteiger partial charge >= 0.3 is 0 Å². The molecule has 0 spiro atoms. The Kier molecular flexibility index (Phi) is 3.94. The van der Waals surface area contributed by atoms with Crippen molar-refractivity contribution >= 4 is 32.6 Å². The number of rotatable bonds is 4. The SMILES string of the molecule is CCc1cnc2cc(CC(C)c3nc4ccncc4s3)ccc2n1. The normalized spacial score (nSPS) is 12.8. The molecule has 0 amide bonds. The summed E-state index contributed by atoms with van der Waals surface area (Å²) in [6, 6.07) is 8.35. The maximum Gasteiger partial charge on any atom is 0.0970 e. The second kappa shape index (κ2) is 6.24. The van der Waals surface area contributed by atoms with Crippen molar-refractivity contribution in [2.45, 2.75) is 32.6 Å². The van der Waals surface area contributed by atoms with Crippen LogP contribution in [0.3, 0.4) is 0 Å². The number of aryl methyl sites for hydroxylation is 1. The van der Waals surface area contributed by atoms with Gasteiger partial charge in [0, 0.05) is 24.5 Å². The molecule has 0 bridgehead atoms. The van der Waals surface area contributed by atoms with Gasteiger partial charge in [0.05, 0.1) is 32.0 Å². The Morgan fingerprint density at radius 3 is 2.79 bits per heavy atom. The highest BCUT2D eigenvalue weighted by Gasteiger charge is 2.13. The van der Waals surface area contributed by atoms with Crippen molar-refractivity contribution in [3.05, 3.63) is 59.1 Å². The topological polar surface area (TPSA) is 51.6 Å². The zero-order valence-corrected chi connectivity index (χ0v) is 14.5. The second-order valence-corrected chi connectivity index (χ2v) is 7.10. The van der Waals surface area contributed by atoms with E-state index in [9.17, 15) is 0 Å². The summed E-state index contributed by atoms with van der Waals surface area (Å²) in [5, 5.41) is 1.16. The van der Waals surface area contributed by atoms with E-state index in [1.165, 1.54) is 5.56 Å². The van der Waals surface area contributed by atoms with Crippen LogP contribution < -0.4 is 0 Å². The molecular formula is C19H18N4S. The van der Waals surface area contributed by atoms with Crippen LogP contribution in [0.15, 0.2) is 42.9 Å². The average molecular weight is 334 g/mol. The fourth-order valence-corrected chi connectivity index (χ4v) is 3.83. The Bertz CT molecular complexity index is 976. The van der Waals surface area contributed by atoms with Gasteiger partial charge in [0.2, 0.25) is 0 Å². The lowest BCUT2D eigenvalue weighted by molar-refractivity contribution is 0.754. The smallest absolute Gasteiger partial charge is 0.0970 e. The molecule has 5 heteroatoms. The van der Waals surface area contributed by atoms with Crippen LogP contribution in [0.4, 0.5) is 0 Å². The van der Waals surface area contributed by atoms with Gasteiger partial charge in [-0.05, 0) is 36.6 Å². The van der Waals surface area contributed by atoms with E-state index in [1.807, 2.05) is 18.5 Å². The van der Waals surface area contributed by atoms with Crippen molar-refractivity contribution in [3.8, 4) is 0 Å². The molecule has 0 aliphatic carbocycles. The van der Waals surface area contributed by atoms with Crippen LogP contribution in [-0.2, 0) is 12.8 Å². The molecule has 1 atom stereocenters. The summed E-state index contributed by atoms with van der Waals surface area (Å²) in [6.07, 6.45) is 7.41. The van der Waals surface area contributed by atoms with E-state index < -0.39 is 0 Å². The van der Waals surface area contributed by atoms with E-state index in [-0.39, 0.29) is 0 Å². The number of thiazole rings is 1.